The number of aliphatic hydroxyl groups is 1. The number of nitrogens with two attached hydrogens (primary N) is 1. The van der Waals surface area contributed by atoms with Crippen LogP contribution >= 0.6 is 0 Å². The summed E-state index contributed by atoms with van der Waals surface area (Å²) < 4.78 is 0. The highest BCUT2D eigenvalue weighted by atomic mass is 16.3. The molecule has 0 radical (unpaired) electrons. The second-order valence-electron chi connectivity index (χ2n) is 6.17. The molecule has 1 saturated heterocycles. The van der Waals surface area contributed by atoms with Gasteiger partial charge in [0.25, 0.3) is 0 Å². The lowest BCUT2D eigenvalue weighted by molar-refractivity contribution is -0.136. The Morgan fingerprint density at radius 1 is 1.39 bits per heavy atom. The van der Waals surface area contributed by atoms with E-state index < -0.39 is 0 Å². The van der Waals surface area contributed by atoms with E-state index in [1.54, 1.807) is 0 Å². The molecule has 2 aliphatic rings. The number of hydrogen-bond acceptors (Lipinski definition) is 3. The van der Waals surface area contributed by atoms with Crippen LogP contribution in [0.4, 0.5) is 0 Å². The average molecular weight is 254 g/mol. The van der Waals surface area contributed by atoms with E-state index in [-0.39, 0.29) is 29.9 Å². The first-order valence-electron chi connectivity index (χ1n) is 7.23. The molecule has 0 aromatic rings. The zero-order valence-corrected chi connectivity index (χ0v) is 11.5. The molecule has 0 aromatic carbocycles. The summed E-state index contributed by atoms with van der Waals surface area (Å²) in [7, 11) is 0. The van der Waals surface area contributed by atoms with Crippen LogP contribution in [0.5, 0.6) is 0 Å². The summed E-state index contributed by atoms with van der Waals surface area (Å²) >= 11 is 0. The molecule has 4 nitrogen and oxygen atoms in total. The van der Waals surface area contributed by atoms with Gasteiger partial charge in [-0.1, -0.05) is 13.3 Å². The Morgan fingerprint density at radius 2 is 2.11 bits per heavy atom. The third kappa shape index (κ3) is 2.69. The van der Waals surface area contributed by atoms with E-state index in [1.807, 2.05) is 11.8 Å². The molecule has 5 unspecified atom stereocenters. The van der Waals surface area contributed by atoms with Crippen molar-refractivity contribution in [2.45, 2.75) is 51.7 Å². The molecule has 1 aliphatic heterocycles. The lowest BCUT2D eigenvalue weighted by Gasteiger charge is -2.35. The van der Waals surface area contributed by atoms with Crippen molar-refractivity contribution in [1.29, 1.82) is 0 Å². The Kier molecular flexibility index (Phi) is 4.28. The van der Waals surface area contributed by atoms with Gasteiger partial charge in [-0.3, -0.25) is 4.79 Å². The van der Waals surface area contributed by atoms with Crippen LogP contribution in [0.15, 0.2) is 0 Å². The Bertz CT molecular complexity index is 306. The fraction of sp³-hybridized carbons (Fsp3) is 0.929. The van der Waals surface area contributed by atoms with Crippen molar-refractivity contribution < 1.29 is 9.90 Å². The molecule has 1 aliphatic carbocycles. The highest BCUT2D eigenvalue weighted by molar-refractivity contribution is 5.80. The van der Waals surface area contributed by atoms with Crippen LogP contribution in [0.2, 0.25) is 0 Å². The van der Waals surface area contributed by atoms with Crippen molar-refractivity contribution in [3.05, 3.63) is 0 Å². The van der Waals surface area contributed by atoms with E-state index in [2.05, 4.69) is 6.92 Å². The molecule has 1 saturated carbocycles. The predicted molar refractivity (Wildman–Crippen MR) is 70.8 cm³/mol. The molecule has 0 aromatic heterocycles. The summed E-state index contributed by atoms with van der Waals surface area (Å²) in [6, 6.07) is 0.0110. The molecule has 2 rings (SSSR count). The molecule has 1 heterocycles. The van der Waals surface area contributed by atoms with Gasteiger partial charge >= 0.3 is 0 Å². The van der Waals surface area contributed by atoms with E-state index in [1.165, 1.54) is 0 Å². The first-order valence-corrected chi connectivity index (χ1v) is 7.23. The SMILES string of the molecule is CC(O)C1CCN(C(=O)C2CCCC(C)C2N)C1. The van der Waals surface area contributed by atoms with Crippen LogP contribution in [0.1, 0.15) is 39.5 Å². The Balaban J connectivity index is 1.95. The molecule has 0 bridgehead atoms. The third-order valence-electron chi connectivity index (χ3n) is 4.83. The predicted octanol–water partition coefficient (Wildman–Crippen LogP) is 0.979. The fourth-order valence-electron chi connectivity index (χ4n) is 3.35. The van der Waals surface area contributed by atoms with Crippen LogP contribution in [0, 0.1) is 17.8 Å². The van der Waals surface area contributed by atoms with E-state index in [9.17, 15) is 9.90 Å². The zero-order chi connectivity index (χ0) is 13.3. The topological polar surface area (TPSA) is 66.6 Å². The second-order valence-corrected chi connectivity index (χ2v) is 6.17. The van der Waals surface area contributed by atoms with Crippen LogP contribution < -0.4 is 5.73 Å². The molecule has 3 N–H and O–H groups in total. The number of amides is 1. The molecule has 4 heteroatoms. The second kappa shape index (κ2) is 5.57. The standard InChI is InChI=1S/C14H26N2O2/c1-9-4-3-5-12(13(9)15)14(18)16-7-6-11(8-16)10(2)17/h9-13,17H,3-8,15H2,1-2H3. The van der Waals surface area contributed by atoms with Crippen molar-refractivity contribution in [2.75, 3.05) is 13.1 Å². The van der Waals surface area contributed by atoms with Crippen LogP contribution in [-0.2, 0) is 4.79 Å². The maximum absolute atomic E-state index is 12.5. The third-order valence-corrected chi connectivity index (χ3v) is 4.83. The fourth-order valence-corrected chi connectivity index (χ4v) is 3.35. The van der Waals surface area contributed by atoms with Gasteiger partial charge in [-0.05, 0) is 32.1 Å². The number of likely N-dealkylation sites (tertiary alicyclic amines) is 1. The molecule has 5 atom stereocenters. The first-order chi connectivity index (χ1) is 8.50. The summed E-state index contributed by atoms with van der Waals surface area (Å²) in [5.74, 6) is 0.910. The number of hydrogen-bond donors (Lipinski definition) is 2. The normalized spacial score (nSPS) is 38.8. The highest BCUT2D eigenvalue weighted by Crippen LogP contribution is 2.31. The van der Waals surface area contributed by atoms with Gasteiger partial charge in [0.1, 0.15) is 0 Å². The van der Waals surface area contributed by atoms with Crippen molar-refractivity contribution in [3.63, 3.8) is 0 Å². The van der Waals surface area contributed by atoms with E-state index in [0.29, 0.717) is 12.5 Å². The molecule has 2 fully saturated rings. The minimum atomic E-state index is -0.318. The maximum atomic E-state index is 12.5. The quantitative estimate of drug-likeness (QED) is 0.772. The summed E-state index contributed by atoms with van der Waals surface area (Å²) in [5.41, 5.74) is 6.19. The van der Waals surface area contributed by atoms with E-state index >= 15 is 0 Å². The van der Waals surface area contributed by atoms with E-state index in [4.69, 9.17) is 5.73 Å². The van der Waals surface area contributed by atoms with Crippen molar-refractivity contribution in [1.82, 2.24) is 4.90 Å². The minimum Gasteiger partial charge on any atom is -0.393 e. The number of nitrogens with zero attached hydrogens (tertiary/aromatic N) is 1. The summed E-state index contributed by atoms with van der Waals surface area (Å²) in [4.78, 5) is 14.4. The van der Waals surface area contributed by atoms with E-state index in [0.717, 1.165) is 32.2 Å². The zero-order valence-electron chi connectivity index (χ0n) is 11.5. The number of aliphatic hydroxyl groups excluding tert-OH is 1. The van der Waals surface area contributed by atoms with Gasteiger partial charge in [0.05, 0.1) is 12.0 Å². The van der Waals surface area contributed by atoms with Crippen LogP contribution in [0.25, 0.3) is 0 Å². The lowest BCUT2D eigenvalue weighted by atomic mass is 9.77. The molecule has 1 amide bonds. The van der Waals surface area contributed by atoms with Crippen LogP contribution in [0.3, 0.4) is 0 Å². The summed E-state index contributed by atoms with van der Waals surface area (Å²) in [6.45, 7) is 5.44. The maximum Gasteiger partial charge on any atom is 0.227 e. The van der Waals surface area contributed by atoms with Crippen molar-refractivity contribution >= 4 is 5.91 Å². The number of rotatable bonds is 2. The first kappa shape index (κ1) is 13.8. The molecule has 0 spiro atoms. The van der Waals surface area contributed by atoms with Gasteiger partial charge in [0.2, 0.25) is 5.91 Å². The molecular weight excluding hydrogens is 228 g/mol. The van der Waals surface area contributed by atoms with Gasteiger partial charge in [-0.25, -0.2) is 0 Å². The monoisotopic (exact) mass is 254 g/mol. The summed E-state index contributed by atoms with van der Waals surface area (Å²) in [5, 5.41) is 9.59. The van der Waals surface area contributed by atoms with Crippen molar-refractivity contribution in [3.8, 4) is 0 Å². The average Bonchev–Trinajstić information content (AvgIpc) is 2.81. The van der Waals surface area contributed by atoms with Crippen LogP contribution in [-0.4, -0.2) is 41.1 Å². The highest BCUT2D eigenvalue weighted by Gasteiger charge is 2.38. The Hall–Kier alpha value is -0.610. The van der Waals surface area contributed by atoms with Gasteiger partial charge in [-0.15, -0.1) is 0 Å². The van der Waals surface area contributed by atoms with Gasteiger partial charge in [0, 0.05) is 25.0 Å². The lowest BCUT2D eigenvalue weighted by Crippen LogP contribution is -2.48. The number of carbonyl (C=O) groups excluding carboxylic acids is 1. The molecular formula is C14H26N2O2. The molecule has 18 heavy (non-hydrogen) atoms. The largest absolute Gasteiger partial charge is 0.393 e. The Morgan fingerprint density at radius 3 is 2.72 bits per heavy atom. The molecule has 104 valence electrons. The van der Waals surface area contributed by atoms with Gasteiger partial charge in [0.15, 0.2) is 0 Å². The van der Waals surface area contributed by atoms with Gasteiger partial charge in [-0.2, -0.15) is 0 Å². The number of carbonyl (C=O) groups is 1. The summed E-state index contributed by atoms with van der Waals surface area (Å²) in [6.07, 6.45) is 3.78. The van der Waals surface area contributed by atoms with Crippen molar-refractivity contribution in [2.24, 2.45) is 23.5 Å². The van der Waals surface area contributed by atoms with Gasteiger partial charge < -0.3 is 15.7 Å². The minimum absolute atomic E-state index is 0.00139. The smallest absolute Gasteiger partial charge is 0.227 e. The Labute approximate surface area is 110 Å².